The first-order valence-corrected chi connectivity index (χ1v) is 8.26. The average molecular weight is 285 g/mol. The molecule has 0 radical (unpaired) electrons. The van der Waals surface area contributed by atoms with Gasteiger partial charge in [-0.2, -0.15) is 0 Å². The third-order valence-electron chi connectivity index (χ3n) is 3.08. The number of rotatable bonds is 7. The van der Waals surface area contributed by atoms with Gasteiger partial charge in [0.25, 0.3) is 0 Å². The molecule has 4 nitrogen and oxygen atoms in total. The van der Waals surface area contributed by atoms with Crippen molar-refractivity contribution in [2.24, 2.45) is 11.1 Å². The lowest BCUT2D eigenvalue weighted by molar-refractivity contribution is 0.257. The van der Waals surface area contributed by atoms with Crippen LogP contribution >= 0.6 is 0 Å². The van der Waals surface area contributed by atoms with Crippen molar-refractivity contribution in [3.05, 3.63) is 29.8 Å². The summed E-state index contributed by atoms with van der Waals surface area (Å²) in [5.41, 5.74) is 1.25. The number of hydrogen-bond acceptors (Lipinski definition) is 3. The Hall–Kier alpha value is -1.07. The molecule has 0 aliphatic rings. The highest BCUT2D eigenvalue weighted by atomic mass is 32.2. The van der Waals surface area contributed by atoms with Crippen molar-refractivity contribution in [3.8, 4) is 5.75 Å². The highest BCUT2D eigenvalue weighted by Crippen LogP contribution is 2.19. The van der Waals surface area contributed by atoms with E-state index < -0.39 is 10.0 Å². The summed E-state index contributed by atoms with van der Waals surface area (Å²) in [5, 5.41) is 5.05. The first-order valence-electron chi connectivity index (χ1n) is 6.55. The molecule has 108 valence electrons. The van der Waals surface area contributed by atoms with Crippen LogP contribution in [0, 0.1) is 5.92 Å². The van der Waals surface area contributed by atoms with E-state index >= 15 is 0 Å². The molecule has 0 saturated carbocycles. The average Bonchev–Trinajstić information content (AvgIpc) is 2.33. The molecule has 5 heteroatoms. The highest BCUT2D eigenvalue weighted by molar-refractivity contribution is 7.89. The zero-order valence-electron chi connectivity index (χ0n) is 11.8. The van der Waals surface area contributed by atoms with Crippen molar-refractivity contribution in [1.29, 1.82) is 0 Å². The lowest BCUT2D eigenvalue weighted by Crippen LogP contribution is -2.26. The van der Waals surface area contributed by atoms with Crippen LogP contribution < -0.4 is 9.88 Å². The second-order valence-electron chi connectivity index (χ2n) is 5.14. The summed E-state index contributed by atoms with van der Waals surface area (Å²) in [6.07, 6.45) is 0.723. The zero-order valence-corrected chi connectivity index (χ0v) is 12.6. The molecule has 1 unspecified atom stereocenters. The van der Waals surface area contributed by atoms with Gasteiger partial charge in [-0.25, -0.2) is 13.6 Å². The number of benzene rings is 1. The Morgan fingerprint density at radius 2 is 1.79 bits per heavy atom. The van der Waals surface area contributed by atoms with E-state index in [2.05, 4.69) is 13.8 Å². The maximum Gasteiger partial charge on any atom is 0.209 e. The minimum Gasteiger partial charge on any atom is -0.493 e. The number of ether oxygens (including phenoxy) is 1. The van der Waals surface area contributed by atoms with E-state index in [9.17, 15) is 8.42 Å². The van der Waals surface area contributed by atoms with Gasteiger partial charge < -0.3 is 4.74 Å². The van der Waals surface area contributed by atoms with Gasteiger partial charge in [0.05, 0.1) is 12.4 Å². The second-order valence-corrected chi connectivity index (χ2v) is 6.80. The van der Waals surface area contributed by atoms with E-state index in [1.807, 2.05) is 31.2 Å². The van der Waals surface area contributed by atoms with Gasteiger partial charge in [0.1, 0.15) is 5.75 Å². The molecule has 0 aliphatic heterocycles. The largest absolute Gasteiger partial charge is 0.493 e. The van der Waals surface area contributed by atoms with Crippen molar-refractivity contribution >= 4 is 10.0 Å². The number of sulfonamides is 1. The van der Waals surface area contributed by atoms with E-state index in [-0.39, 0.29) is 11.7 Å². The zero-order chi connectivity index (χ0) is 14.5. The molecule has 1 aromatic carbocycles. The maximum absolute atomic E-state index is 11.1. The minimum atomic E-state index is -3.44. The van der Waals surface area contributed by atoms with E-state index in [1.165, 1.54) is 5.56 Å². The molecule has 0 amide bonds. The smallest absolute Gasteiger partial charge is 0.209 e. The first-order chi connectivity index (χ1) is 8.81. The monoisotopic (exact) mass is 285 g/mol. The molecule has 1 aromatic rings. The summed E-state index contributed by atoms with van der Waals surface area (Å²) in [6, 6.07) is 7.89. The van der Waals surface area contributed by atoms with Gasteiger partial charge in [0.2, 0.25) is 10.0 Å². The maximum atomic E-state index is 11.1. The van der Waals surface area contributed by atoms with Crippen molar-refractivity contribution in [1.82, 2.24) is 0 Å². The lowest BCUT2D eigenvalue weighted by Gasteiger charge is -2.15. The molecule has 0 aliphatic carbocycles. The summed E-state index contributed by atoms with van der Waals surface area (Å²) in [5.74, 6) is 1.14. The summed E-state index contributed by atoms with van der Waals surface area (Å²) in [4.78, 5) is 0. The molecule has 19 heavy (non-hydrogen) atoms. The molecule has 2 N–H and O–H groups in total. The standard InChI is InChI=1S/C14H23NO3S/c1-4-12(10-19(15,16)17)9-18-14-7-5-13(6-8-14)11(2)3/h5-8,11-12H,4,9-10H2,1-3H3,(H2,15,16,17). The number of hydrogen-bond donors (Lipinski definition) is 1. The number of nitrogens with two attached hydrogens (primary N) is 1. The lowest BCUT2D eigenvalue weighted by atomic mass is 10.0. The van der Waals surface area contributed by atoms with Crippen LogP contribution in [0.2, 0.25) is 0 Å². The van der Waals surface area contributed by atoms with E-state index in [0.717, 1.165) is 12.2 Å². The Kier molecular flexibility index (Phi) is 5.82. The van der Waals surface area contributed by atoms with E-state index in [0.29, 0.717) is 12.5 Å². The van der Waals surface area contributed by atoms with Crippen molar-refractivity contribution in [2.45, 2.75) is 33.1 Å². The Labute approximate surface area is 116 Å². The molecule has 0 aromatic heterocycles. The van der Waals surface area contributed by atoms with Gasteiger partial charge in [-0.1, -0.05) is 32.9 Å². The summed E-state index contributed by atoms with van der Waals surface area (Å²) < 4.78 is 27.7. The van der Waals surface area contributed by atoms with Crippen LogP contribution in [-0.2, 0) is 10.0 Å². The highest BCUT2D eigenvalue weighted by Gasteiger charge is 2.14. The Balaban J connectivity index is 2.55. The van der Waals surface area contributed by atoms with E-state index in [4.69, 9.17) is 9.88 Å². The molecule has 0 fully saturated rings. The topological polar surface area (TPSA) is 69.4 Å². The predicted molar refractivity (Wildman–Crippen MR) is 77.8 cm³/mol. The Morgan fingerprint density at radius 3 is 2.21 bits per heavy atom. The second kappa shape index (κ2) is 6.91. The SMILES string of the molecule is CCC(COc1ccc(C(C)C)cc1)CS(N)(=O)=O. The molecule has 0 bridgehead atoms. The fourth-order valence-corrected chi connectivity index (χ4v) is 2.76. The Morgan fingerprint density at radius 1 is 1.21 bits per heavy atom. The van der Waals surface area contributed by atoms with Gasteiger partial charge in [-0.15, -0.1) is 0 Å². The van der Waals surface area contributed by atoms with Crippen LogP contribution in [0.3, 0.4) is 0 Å². The molecule has 0 saturated heterocycles. The number of primary sulfonamides is 1. The molecule has 0 spiro atoms. The van der Waals surface area contributed by atoms with Gasteiger partial charge in [0, 0.05) is 5.92 Å². The molecule has 0 heterocycles. The molecule has 1 atom stereocenters. The third-order valence-corrected chi connectivity index (χ3v) is 4.01. The molecule has 1 rings (SSSR count). The fourth-order valence-electron chi connectivity index (χ4n) is 1.78. The van der Waals surface area contributed by atoms with Crippen LogP contribution in [0.5, 0.6) is 5.75 Å². The minimum absolute atomic E-state index is 0.0341. The first kappa shape index (κ1) is 16.0. The van der Waals surface area contributed by atoms with Crippen LogP contribution in [0.25, 0.3) is 0 Å². The van der Waals surface area contributed by atoms with Crippen LogP contribution in [0.4, 0.5) is 0 Å². The molecular weight excluding hydrogens is 262 g/mol. The summed E-state index contributed by atoms with van der Waals surface area (Å²) in [6.45, 7) is 6.57. The summed E-state index contributed by atoms with van der Waals surface area (Å²) in [7, 11) is -3.44. The molecular formula is C14H23NO3S. The van der Waals surface area contributed by atoms with Gasteiger partial charge >= 0.3 is 0 Å². The van der Waals surface area contributed by atoms with Gasteiger partial charge in [-0.3, -0.25) is 0 Å². The van der Waals surface area contributed by atoms with Crippen molar-refractivity contribution in [2.75, 3.05) is 12.4 Å². The predicted octanol–water partition coefficient (Wildman–Crippen LogP) is 2.50. The van der Waals surface area contributed by atoms with Crippen molar-refractivity contribution in [3.63, 3.8) is 0 Å². The van der Waals surface area contributed by atoms with Gasteiger partial charge in [-0.05, 0) is 30.0 Å². The fraction of sp³-hybridized carbons (Fsp3) is 0.571. The quantitative estimate of drug-likeness (QED) is 0.837. The Bertz CT molecular complexity index is 480. The van der Waals surface area contributed by atoms with Gasteiger partial charge in [0.15, 0.2) is 0 Å². The third kappa shape index (κ3) is 6.07. The van der Waals surface area contributed by atoms with E-state index in [1.54, 1.807) is 0 Å². The normalized spacial score (nSPS) is 13.5. The summed E-state index contributed by atoms with van der Waals surface area (Å²) >= 11 is 0. The van der Waals surface area contributed by atoms with Crippen LogP contribution in [0.1, 0.15) is 38.7 Å². The van der Waals surface area contributed by atoms with Crippen molar-refractivity contribution < 1.29 is 13.2 Å². The van der Waals surface area contributed by atoms with Crippen LogP contribution in [0.15, 0.2) is 24.3 Å². The van der Waals surface area contributed by atoms with Crippen LogP contribution in [-0.4, -0.2) is 20.8 Å².